The predicted octanol–water partition coefficient (Wildman–Crippen LogP) is 1.93. The third kappa shape index (κ3) is 4.76. The van der Waals surface area contributed by atoms with Crippen LogP contribution in [0.3, 0.4) is 0 Å². The summed E-state index contributed by atoms with van der Waals surface area (Å²) in [6.45, 7) is 9.00. The Balaban J connectivity index is 3.23. The molecule has 0 bridgehead atoms. The lowest BCUT2D eigenvalue weighted by Crippen LogP contribution is -2.28. The number of hydrogen-bond acceptors (Lipinski definition) is 5. The molecule has 0 atom stereocenters. The van der Waals surface area contributed by atoms with Crippen LogP contribution in [0.2, 0.25) is 0 Å². The molecule has 0 saturated heterocycles. The van der Waals surface area contributed by atoms with Gasteiger partial charge in [-0.3, -0.25) is 4.98 Å². The highest BCUT2D eigenvalue weighted by Gasteiger charge is 2.26. The van der Waals surface area contributed by atoms with Gasteiger partial charge in [0.05, 0.1) is 22.4 Å². The van der Waals surface area contributed by atoms with Crippen molar-refractivity contribution in [3.05, 3.63) is 18.0 Å². The average molecular weight is 301 g/mol. The lowest BCUT2D eigenvalue weighted by atomic mass is 9.91. The molecule has 1 heterocycles. The average Bonchev–Trinajstić information content (AvgIpc) is 2.22. The Labute approximate surface area is 120 Å². The van der Waals surface area contributed by atoms with Gasteiger partial charge in [-0.15, -0.1) is 0 Å². The van der Waals surface area contributed by atoms with Crippen LogP contribution in [0.1, 0.15) is 40.3 Å². The van der Waals surface area contributed by atoms with Gasteiger partial charge in [0.1, 0.15) is 12.4 Å². The van der Waals surface area contributed by atoms with E-state index in [0.717, 1.165) is 6.26 Å². The minimum atomic E-state index is -3.40. The SMILES string of the molecule is CC(C)(O)COc1cnc(C(C)(C)C)c(S(C)(=O)=O)c1. The number of aromatic nitrogens is 1. The third-order valence-electron chi connectivity index (χ3n) is 2.53. The quantitative estimate of drug-likeness (QED) is 0.919. The highest BCUT2D eigenvalue weighted by molar-refractivity contribution is 7.90. The molecule has 0 fully saturated rings. The minimum Gasteiger partial charge on any atom is -0.489 e. The normalized spacial score (nSPS) is 13.3. The second-order valence-electron chi connectivity index (χ2n) is 6.64. The van der Waals surface area contributed by atoms with E-state index in [2.05, 4.69) is 4.98 Å². The van der Waals surface area contributed by atoms with Crippen molar-refractivity contribution in [2.45, 2.75) is 50.5 Å². The molecule has 0 unspecified atom stereocenters. The molecule has 1 N–H and O–H groups in total. The van der Waals surface area contributed by atoms with Crippen molar-refractivity contribution in [2.24, 2.45) is 0 Å². The summed E-state index contributed by atoms with van der Waals surface area (Å²) in [7, 11) is -3.40. The van der Waals surface area contributed by atoms with Crippen LogP contribution >= 0.6 is 0 Å². The molecule has 114 valence electrons. The van der Waals surface area contributed by atoms with Crippen molar-refractivity contribution >= 4 is 9.84 Å². The Bertz CT molecular complexity index is 580. The highest BCUT2D eigenvalue weighted by Crippen LogP contribution is 2.29. The number of sulfone groups is 1. The number of aliphatic hydroxyl groups is 1. The van der Waals surface area contributed by atoms with Crippen LogP contribution in [-0.2, 0) is 15.3 Å². The first-order valence-electron chi connectivity index (χ1n) is 6.36. The van der Waals surface area contributed by atoms with Gasteiger partial charge in [0.15, 0.2) is 9.84 Å². The molecule has 0 aliphatic heterocycles. The van der Waals surface area contributed by atoms with Crippen molar-refractivity contribution in [1.29, 1.82) is 0 Å². The molecule has 0 saturated carbocycles. The van der Waals surface area contributed by atoms with E-state index >= 15 is 0 Å². The van der Waals surface area contributed by atoms with E-state index in [1.54, 1.807) is 13.8 Å². The van der Waals surface area contributed by atoms with E-state index in [0.29, 0.717) is 11.4 Å². The lowest BCUT2D eigenvalue weighted by Gasteiger charge is -2.22. The molecule has 1 aromatic rings. The van der Waals surface area contributed by atoms with E-state index in [4.69, 9.17) is 4.74 Å². The van der Waals surface area contributed by atoms with Gasteiger partial charge in [-0.25, -0.2) is 8.42 Å². The second kappa shape index (κ2) is 5.33. The van der Waals surface area contributed by atoms with Crippen LogP contribution in [0.5, 0.6) is 5.75 Å². The maximum absolute atomic E-state index is 11.9. The molecule has 20 heavy (non-hydrogen) atoms. The Morgan fingerprint density at radius 2 is 1.80 bits per heavy atom. The fourth-order valence-corrected chi connectivity index (χ4v) is 2.65. The van der Waals surface area contributed by atoms with Crippen molar-refractivity contribution < 1.29 is 18.3 Å². The van der Waals surface area contributed by atoms with Crippen LogP contribution in [-0.4, -0.2) is 37.0 Å². The molecule has 5 nitrogen and oxygen atoms in total. The standard InChI is InChI=1S/C14H23NO4S/c1-13(2,3)12-11(20(6,17)18)7-10(8-15-12)19-9-14(4,5)16/h7-8,16H,9H2,1-6H3. The topological polar surface area (TPSA) is 76.5 Å². The van der Waals surface area contributed by atoms with Gasteiger partial charge in [-0.2, -0.15) is 0 Å². The van der Waals surface area contributed by atoms with Gasteiger partial charge < -0.3 is 9.84 Å². The van der Waals surface area contributed by atoms with Crippen LogP contribution in [0.4, 0.5) is 0 Å². The maximum Gasteiger partial charge on any atom is 0.177 e. The summed E-state index contributed by atoms with van der Waals surface area (Å²) in [5, 5.41) is 9.63. The number of ether oxygens (including phenoxy) is 1. The molecule has 1 aromatic heterocycles. The smallest absolute Gasteiger partial charge is 0.177 e. The van der Waals surface area contributed by atoms with Crippen LogP contribution in [0.25, 0.3) is 0 Å². The highest BCUT2D eigenvalue weighted by atomic mass is 32.2. The van der Waals surface area contributed by atoms with Crippen molar-refractivity contribution in [2.75, 3.05) is 12.9 Å². The second-order valence-corrected chi connectivity index (χ2v) is 8.63. The Morgan fingerprint density at radius 3 is 2.20 bits per heavy atom. The van der Waals surface area contributed by atoms with Gasteiger partial charge in [0, 0.05) is 17.7 Å². The minimum absolute atomic E-state index is 0.0622. The first-order chi connectivity index (χ1) is 8.81. The summed E-state index contributed by atoms with van der Waals surface area (Å²) in [6.07, 6.45) is 2.64. The number of rotatable bonds is 4. The largest absolute Gasteiger partial charge is 0.489 e. The molecule has 0 aromatic carbocycles. The van der Waals surface area contributed by atoms with Crippen molar-refractivity contribution in [3.8, 4) is 5.75 Å². The summed E-state index contributed by atoms with van der Waals surface area (Å²) < 4.78 is 29.2. The van der Waals surface area contributed by atoms with Crippen LogP contribution < -0.4 is 4.74 Å². The lowest BCUT2D eigenvalue weighted by molar-refractivity contribution is 0.0282. The monoisotopic (exact) mass is 301 g/mol. The van der Waals surface area contributed by atoms with Gasteiger partial charge in [-0.1, -0.05) is 20.8 Å². The fraction of sp³-hybridized carbons (Fsp3) is 0.643. The van der Waals surface area contributed by atoms with Crippen molar-refractivity contribution in [1.82, 2.24) is 4.98 Å². The van der Waals surface area contributed by atoms with Gasteiger partial charge in [0.2, 0.25) is 0 Å². The van der Waals surface area contributed by atoms with Crippen LogP contribution in [0.15, 0.2) is 17.2 Å². The Hall–Kier alpha value is -1.14. The molecule has 0 amide bonds. The summed E-state index contributed by atoms with van der Waals surface area (Å²) >= 11 is 0. The molecular formula is C14H23NO4S. The molecule has 0 aliphatic carbocycles. The molecule has 0 radical (unpaired) electrons. The molecule has 0 aliphatic rings. The number of hydrogen-bond donors (Lipinski definition) is 1. The van der Waals surface area contributed by atoms with Gasteiger partial charge >= 0.3 is 0 Å². The summed E-state index contributed by atoms with van der Waals surface area (Å²) in [5.74, 6) is 0.334. The zero-order valence-electron chi connectivity index (χ0n) is 12.9. The van der Waals surface area contributed by atoms with Crippen LogP contribution in [0, 0.1) is 0 Å². The van der Waals surface area contributed by atoms with E-state index < -0.39 is 15.4 Å². The Morgan fingerprint density at radius 1 is 1.25 bits per heavy atom. The predicted molar refractivity (Wildman–Crippen MR) is 77.8 cm³/mol. The molecule has 0 spiro atoms. The molecule has 6 heteroatoms. The van der Waals surface area contributed by atoms with E-state index in [1.807, 2.05) is 20.8 Å². The summed E-state index contributed by atoms with van der Waals surface area (Å²) in [4.78, 5) is 4.40. The fourth-order valence-electron chi connectivity index (χ4n) is 1.61. The maximum atomic E-state index is 11.9. The van der Waals surface area contributed by atoms with E-state index in [9.17, 15) is 13.5 Å². The van der Waals surface area contributed by atoms with Gasteiger partial charge in [0.25, 0.3) is 0 Å². The summed E-state index contributed by atoms with van der Waals surface area (Å²) in [6, 6.07) is 1.47. The number of nitrogens with zero attached hydrogens (tertiary/aromatic N) is 1. The first kappa shape index (κ1) is 16.9. The molecule has 1 rings (SSSR count). The van der Waals surface area contributed by atoms with Gasteiger partial charge in [-0.05, 0) is 13.8 Å². The summed E-state index contributed by atoms with van der Waals surface area (Å²) in [5.41, 5.74) is -0.864. The zero-order valence-corrected chi connectivity index (χ0v) is 13.7. The zero-order chi connectivity index (χ0) is 15.8. The number of pyridine rings is 1. The van der Waals surface area contributed by atoms with Crippen molar-refractivity contribution in [3.63, 3.8) is 0 Å². The van der Waals surface area contributed by atoms with E-state index in [1.165, 1.54) is 12.3 Å². The molecular weight excluding hydrogens is 278 g/mol. The Kier molecular flexibility index (Phi) is 4.51. The third-order valence-corrected chi connectivity index (χ3v) is 3.64. The first-order valence-corrected chi connectivity index (χ1v) is 8.25. The van der Waals surface area contributed by atoms with E-state index in [-0.39, 0.29) is 16.9 Å².